The van der Waals surface area contributed by atoms with Crippen LogP contribution >= 0.6 is 0 Å². The van der Waals surface area contributed by atoms with E-state index in [0.717, 1.165) is 17.9 Å². The zero-order valence-corrected chi connectivity index (χ0v) is 6.69. The van der Waals surface area contributed by atoms with Gasteiger partial charge in [-0.15, -0.1) is 5.01 Å². The number of rotatable bonds is 6. The van der Waals surface area contributed by atoms with Gasteiger partial charge in [0.15, 0.2) is 5.03 Å². The van der Waals surface area contributed by atoms with Crippen LogP contribution in [0.2, 0.25) is 0 Å². The highest BCUT2D eigenvalue weighted by molar-refractivity contribution is 4.43. The van der Waals surface area contributed by atoms with Crippen molar-refractivity contribution < 1.29 is 10.1 Å². The van der Waals surface area contributed by atoms with Crippen molar-refractivity contribution in [1.82, 2.24) is 5.01 Å². The van der Waals surface area contributed by atoms with Crippen molar-refractivity contribution in [3.05, 3.63) is 10.1 Å². The highest BCUT2D eigenvalue weighted by Crippen LogP contribution is 1.93. The van der Waals surface area contributed by atoms with E-state index in [0.29, 0.717) is 6.54 Å². The summed E-state index contributed by atoms with van der Waals surface area (Å²) in [4.78, 5) is 10.2. The quantitative estimate of drug-likeness (QED) is 0.449. The van der Waals surface area contributed by atoms with Gasteiger partial charge in [0.1, 0.15) is 6.54 Å². The van der Waals surface area contributed by atoms with Gasteiger partial charge in [0.05, 0.1) is 13.2 Å². The summed E-state index contributed by atoms with van der Waals surface area (Å²) in [5.41, 5.74) is 0. The van der Waals surface area contributed by atoms with Crippen LogP contribution in [0.4, 0.5) is 0 Å². The monoisotopic (exact) mass is 162 g/mol. The lowest BCUT2D eigenvalue weighted by atomic mass is 10.3. The Morgan fingerprint density at radius 3 is 2.55 bits per heavy atom. The number of aliphatic hydroxyl groups is 1. The molecular formula is C6H14N2O3. The van der Waals surface area contributed by atoms with E-state index in [4.69, 9.17) is 5.11 Å². The van der Waals surface area contributed by atoms with Gasteiger partial charge in [0, 0.05) is 0 Å². The fourth-order valence-electron chi connectivity index (χ4n) is 0.731. The molecule has 0 heterocycles. The first-order chi connectivity index (χ1) is 5.22. The predicted octanol–water partition coefficient (Wildman–Crippen LogP) is 0.273. The van der Waals surface area contributed by atoms with E-state index in [1.165, 1.54) is 0 Å². The summed E-state index contributed by atoms with van der Waals surface area (Å²) in [6, 6.07) is 0. The first-order valence-corrected chi connectivity index (χ1v) is 3.72. The van der Waals surface area contributed by atoms with Crippen LogP contribution < -0.4 is 0 Å². The lowest BCUT2D eigenvalue weighted by molar-refractivity contribution is -0.655. The number of nitrogens with zero attached hydrogens (tertiary/aromatic N) is 2. The normalized spacial score (nSPS) is 9.64. The van der Waals surface area contributed by atoms with Crippen molar-refractivity contribution in [3.8, 4) is 0 Å². The Morgan fingerprint density at radius 1 is 1.55 bits per heavy atom. The van der Waals surface area contributed by atoms with Crippen molar-refractivity contribution in [2.45, 2.75) is 19.8 Å². The fourth-order valence-corrected chi connectivity index (χ4v) is 0.731. The van der Waals surface area contributed by atoms with E-state index in [1.54, 1.807) is 0 Å². The van der Waals surface area contributed by atoms with E-state index in [9.17, 15) is 10.1 Å². The molecule has 0 saturated carbocycles. The largest absolute Gasteiger partial charge is 0.394 e. The summed E-state index contributed by atoms with van der Waals surface area (Å²) in [6.07, 6.45) is 1.72. The molecule has 0 spiro atoms. The smallest absolute Gasteiger partial charge is 0.160 e. The van der Waals surface area contributed by atoms with E-state index >= 15 is 0 Å². The second-order valence-corrected chi connectivity index (χ2v) is 2.27. The highest BCUT2D eigenvalue weighted by Gasteiger charge is 2.10. The molecule has 0 aliphatic rings. The van der Waals surface area contributed by atoms with Gasteiger partial charge in [0.2, 0.25) is 0 Å². The molecule has 0 amide bonds. The molecule has 0 bridgehead atoms. The van der Waals surface area contributed by atoms with Crippen molar-refractivity contribution in [2.24, 2.45) is 0 Å². The van der Waals surface area contributed by atoms with Crippen LogP contribution in [0.1, 0.15) is 19.8 Å². The summed E-state index contributed by atoms with van der Waals surface area (Å²) >= 11 is 0. The molecule has 0 saturated heterocycles. The molecule has 0 rings (SSSR count). The van der Waals surface area contributed by atoms with Crippen LogP contribution in [-0.2, 0) is 0 Å². The molecule has 5 nitrogen and oxygen atoms in total. The van der Waals surface area contributed by atoms with Gasteiger partial charge in [-0.1, -0.05) is 13.3 Å². The molecule has 5 heteroatoms. The standard InChI is InChI=1S/C6H14N2O3/c1-2-3-4-7(5-6-9)8(10)11/h9H,2-6H2,1H3. The Balaban J connectivity index is 3.60. The van der Waals surface area contributed by atoms with E-state index in [2.05, 4.69) is 0 Å². The summed E-state index contributed by atoms with van der Waals surface area (Å²) in [7, 11) is 0. The number of hydrogen-bond donors (Lipinski definition) is 1. The number of hydrazine groups is 1. The Labute approximate surface area is 65.7 Å². The summed E-state index contributed by atoms with van der Waals surface area (Å²) in [6.45, 7) is 2.35. The Kier molecular flexibility index (Phi) is 5.46. The molecule has 0 fully saturated rings. The van der Waals surface area contributed by atoms with Gasteiger partial charge in [-0.05, 0) is 6.42 Å². The fraction of sp³-hybridized carbons (Fsp3) is 1.00. The van der Waals surface area contributed by atoms with Crippen LogP contribution in [0.25, 0.3) is 0 Å². The zero-order valence-electron chi connectivity index (χ0n) is 6.69. The van der Waals surface area contributed by atoms with Gasteiger partial charge in [-0.25, -0.2) is 10.1 Å². The number of aliphatic hydroxyl groups excluding tert-OH is 1. The molecule has 11 heavy (non-hydrogen) atoms. The van der Waals surface area contributed by atoms with Crippen LogP contribution in [0.3, 0.4) is 0 Å². The SMILES string of the molecule is CCCCN(CCO)[N+](=O)[O-]. The average Bonchev–Trinajstić information content (AvgIpc) is 1.97. The number of unbranched alkanes of at least 4 members (excludes halogenated alkanes) is 1. The summed E-state index contributed by atoms with van der Waals surface area (Å²) < 4.78 is 0. The van der Waals surface area contributed by atoms with Gasteiger partial charge in [-0.2, -0.15) is 0 Å². The van der Waals surface area contributed by atoms with Crippen molar-refractivity contribution in [2.75, 3.05) is 19.7 Å². The van der Waals surface area contributed by atoms with Gasteiger partial charge in [-0.3, -0.25) is 0 Å². The number of nitro groups is 1. The molecule has 66 valence electrons. The van der Waals surface area contributed by atoms with E-state index in [1.807, 2.05) is 6.92 Å². The van der Waals surface area contributed by atoms with E-state index < -0.39 is 5.03 Å². The first-order valence-electron chi connectivity index (χ1n) is 3.72. The molecule has 1 N–H and O–H groups in total. The van der Waals surface area contributed by atoms with Gasteiger partial charge >= 0.3 is 0 Å². The second-order valence-electron chi connectivity index (χ2n) is 2.27. The minimum atomic E-state index is -0.466. The maximum Gasteiger partial charge on any atom is 0.160 e. The summed E-state index contributed by atoms with van der Waals surface area (Å²) in [5.74, 6) is 0. The molecule has 0 aliphatic carbocycles. The van der Waals surface area contributed by atoms with Crippen molar-refractivity contribution >= 4 is 0 Å². The summed E-state index contributed by atoms with van der Waals surface area (Å²) in [5, 5.41) is 19.2. The average molecular weight is 162 g/mol. The van der Waals surface area contributed by atoms with Gasteiger partial charge in [0.25, 0.3) is 0 Å². The maximum atomic E-state index is 10.2. The topological polar surface area (TPSA) is 66.6 Å². The molecule has 0 unspecified atom stereocenters. The van der Waals surface area contributed by atoms with Crippen LogP contribution in [-0.4, -0.2) is 34.8 Å². The van der Waals surface area contributed by atoms with Crippen molar-refractivity contribution in [3.63, 3.8) is 0 Å². The lowest BCUT2D eigenvalue weighted by Crippen LogP contribution is -2.33. The number of hydrogen-bond acceptors (Lipinski definition) is 3. The van der Waals surface area contributed by atoms with Crippen molar-refractivity contribution in [1.29, 1.82) is 0 Å². The Morgan fingerprint density at radius 2 is 2.18 bits per heavy atom. The highest BCUT2D eigenvalue weighted by atomic mass is 16.7. The molecule has 0 radical (unpaired) electrons. The zero-order chi connectivity index (χ0) is 8.69. The van der Waals surface area contributed by atoms with Crippen LogP contribution in [0, 0.1) is 10.1 Å². The van der Waals surface area contributed by atoms with Crippen LogP contribution in [0.5, 0.6) is 0 Å². The van der Waals surface area contributed by atoms with Crippen LogP contribution in [0.15, 0.2) is 0 Å². The first kappa shape index (κ1) is 10.2. The third-order valence-electron chi connectivity index (χ3n) is 1.36. The molecular weight excluding hydrogens is 148 g/mol. The predicted molar refractivity (Wildman–Crippen MR) is 40.6 cm³/mol. The maximum absolute atomic E-state index is 10.2. The van der Waals surface area contributed by atoms with E-state index in [-0.39, 0.29) is 13.2 Å². The lowest BCUT2D eigenvalue weighted by Gasteiger charge is -2.11. The molecule has 0 aliphatic heterocycles. The Hall–Kier alpha value is -0.840. The molecule has 0 atom stereocenters. The Bertz CT molecular complexity index is 118. The molecule has 0 aromatic carbocycles. The second kappa shape index (κ2) is 5.91. The third kappa shape index (κ3) is 4.55. The third-order valence-corrected chi connectivity index (χ3v) is 1.36. The minimum absolute atomic E-state index is 0.118. The van der Waals surface area contributed by atoms with Gasteiger partial charge < -0.3 is 5.11 Å². The molecule has 0 aromatic rings. The minimum Gasteiger partial charge on any atom is -0.394 e. The molecule has 0 aromatic heterocycles.